The van der Waals surface area contributed by atoms with Gasteiger partial charge >= 0.3 is 0 Å². The SMILES string of the molecule is CCCCC(=O)NC(C)CC. The van der Waals surface area contributed by atoms with Gasteiger partial charge in [-0.05, 0) is 19.8 Å². The van der Waals surface area contributed by atoms with Crippen LogP contribution in [-0.4, -0.2) is 11.9 Å². The van der Waals surface area contributed by atoms with E-state index in [1.54, 1.807) is 0 Å². The highest BCUT2D eigenvalue weighted by Crippen LogP contribution is 1.95. The molecule has 0 fully saturated rings. The lowest BCUT2D eigenvalue weighted by Gasteiger charge is -2.10. The van der Waals surface area contributed by atoms with Crippen molar-refractivity contribution in [1.82, 2.24) is 5.32 Å². The summed E-state index contributed by atoms with van der Waals surface area (Å²) < 4.78 is 0. The van der Waals surface area contributed by atoms with E-state index in [-0.39, 0.29) is 5.91 Å². The van der Waals surface area contributed by atoms with Crippen molar-refractivity contribution in [1.29, 1.82) is 0 Å². The van der Waals surface area contributed by atoms with Crippen LogP contribution in [0.1, 0.15) is 46.5 Å². The van der Waals surface area contributed by atoms with Gasteiger partial charge in [0.15, 0.2) is 0 Å². The molecule has 1 atom stereocenters. The van der Waals surface area contributed by atoms with Gasteiger partial charge in [0.1, 0.15) is 0 Å². The largest absolute Gasteiger partial charge is 0.354 e. The van der Waals surface area contributed by atoms with Crippen molar-refractivity contribution in [3.05, 3.63) is 0 Å². The van der Waals surface area contributed by atoms with Gasteiger partial charge in [0, 0.05) is 12.5 Å². The normalized spacial score (nSPS) is 12.6. The molecule has 0 aliphatic rings. The van der Waals surface area contributed by atoms with Crippen LogP contribution in [-0.2, 0) is 4.79 Å². The van der Waals surface area contributed by atoms with Crippen molar-refractivity contribution in [2.75, 3.05) is 0 Å². The Morgan fingerprint density at radius 1 is 1.45 bits per heavy atom. The minimum Gasteiger partial charge on any atom is -0.354 e. The van der Waals surface area contributed by atoms with E-state index in [0.29, 0.717) is 12.5 Å². The highest BCUT2D eigenvalue weighted by atomic mass is 16.1. The fourth-order valence-electron chi connectivity index (χ4n) is 0.786. The Morgan fingerprint density at radius 3 is 2.55 bits per heavy atom. The van der Waals surface area contributed by atoms with Gasteiger partial charge in [0.05, 0.1) is 0 Å². The zero-order chi connectivity index (χ0) is 8.69. The Balaban J connectivity index is 3.36. The van der Waals surface area contributed by atoms with Crippen molar-refractivity contribution in [2.45, 2.75) is 52.5 Å². The van der Waals surface area contributed by atoms with Crippen LogP contribution in [0, 0.1) is 0 Å². The second-order valence-electron chi connectivity index (χ2n) is 2.98. The molecule has 1 N–H and O–H groups in total. The summed E-state index contributed by atoms with van der Waals surface area (Å²) in [6, 6.07) is 0.333. The molecule has 0 rings (SSSR count). The van der Waals surface area contributed by atoms with Crippen molar-refractivity contribution in [2.24, 2.45) is 0 Å². The average molecular weight is 157 g/mol. The summed E-state index contributed by atoms with van der Waals surface area (Å²) in [7, 11) is 0. The second kappa shape index (κ2) is 6.20. The van der Waals surface area contributed by atoms with Gasteiger partial charge in [0.25, 0.3) is 0 Å². The van der Waals surface area contributed by atoms with Gasteiger partial charge in [-0.25, -0.2) is 0 Å². The van der Waals surface area contributed by atoms with Gasteiger partial charge in [-0.3, -0.25) is 4.79 Å². The van der Waals surface area contributed by atoms with E-state index in [4.69, 9.17) is 0 Å². The monoisotopic (exact) mass is 157 g/mol. The lowest BCUT2D eigenvalue weighted by molar-refractivity contribution is -0.121. The lowest BCUT2D eigenvalue weighted by Crippen LogP contribution is -2.31. The summed E-state index contributed by atoms with van der Waals surface area (Å²) >= 11 is 0. The zero-order valence-corrected chi connectivity index (χ0v) is 7.81. The number of carbonyl (C=O) groups excluding carboxylic acids is 1. The Morgan fingerprint density at radius 2 is 2.09 bits per heavy atom. The summed E-state index contributed by atoms with van der Waals surface area (Å²) in [6.45, 7) is 6.20. The van der Waals surface area contributed by atoms with Crippen molar-refractivity contribution in [3.63, 3.8) is 0 Å². The molecule has 0 aromatic rings. The minimum atomic E-state index is 0.196. The predicted molar refractivity (Wildman–Crippen MR) is 47.4 cm³/mol. The Kier molecular flexibility index (Phi) is 5.90. The molecule has 11 heavy (non-hydrogen) atoms. The fourth-order valence-corrected chi connectivity index (χ4v) is 0.786. The third kappa shape index (κ3) is 5.89. The summed E-state index contributed by atoms with van der Waals surface area (Å²) in [5.41, 5.74) is 0. The maximum absolute atomic E-state index is 11.1. The molecule has 1 unspecified atom stereocenters. The standard InChI is InChI=1S/C9H19NO/c1-4-6-7-9(11)10-8(3)5-2/h8H,4-7H2,1-3H3,(H,10,11). The Hall–Kier alpha value is -0.530. The first-order valence-corrected chi connectivity index (χ1v) is 4.50. The molecule has 0 aromatic carbocycles. The lowest BCUT2D eigenvalue weighted by atomic mass is 10.2. The van der Waals surface area contributed by atoms with Crippen LogP contribution in [0.5, 0.6) is 0 Å². The second-order valence-corrected chi connectivity index (χ2v) is 2.98. The molecule has 0 aromatic heterocycles. The summed E-state index contributed by atoms with van der Waals surface area (Å²) in [6.07, 6.45) is 3.79. The molecule has 0 saturated heterocycles. The van der Waals surface area contributed by atoms with Crippen molar-refractivity contribution in [3.8, 4) is 0 Å². The third-order valence-electron chi connectivity index (χ3n) is 1.78. The smallest absolute Gasteiger partial charge is 0.220 e. The molecule has 0 bridgehead atoms. The molecular formula is C9H19NO. The number of unbranched alkanes of at least 4 members (excludes halogenated alkanes) is 1. The van der Waals surface area contributed by atoms with Crippen LogP contribution < -0.4 is 5.32 Å². The quantitative estimate of drug-likeness (QED) is 0.650. The molecule has 0 aliphatic heterocycles. The molecule has 2 heteroatoms. The van der Waals surface area contributed by atoms with Crippen LogP contribution in [0.15, 0.2) is 0 Å². The van der Waals surface area contributed by atoms with E-state index < -0.39 is 0 Å². The summed E-state index contributed by atoms with van der Waals surface area (Å²) in [4.78, 5) is 11.1. The zero-order valence-electron chi connectivity index (χ0n) is 7.81. The highest BCUT2D eigenvalue weighted by molar-refractivity contribution is 5.76. The van der Waals surface area contributed by atoms with Gasteiger partial charge < -0.3 is 5.32 Å². The molecule has 0 radical (unpaired) electrons. The van der Waals surface area contributed by atoms with Crippen LogP contribution in [0.3, 0.4) is 0 Å². The average Bonchev–Trinajstić information content (AvgIpc) is 2.00. The minimum absolute atomic E-state index is 0.196. The molecule has 0 heterocycles. The van der Waals surface area contributed by atoms with Gasteiger partial charge in [-0.15, -0.1) is 0 Å². The fraction of sp³-hybridized carbons (Fsp3) is 0.889. The van der Waals surface area contributed by atoms with Crippen LogP contribution >= 0.6 is 0 Å². The van der Waals surface area contributed by atoms with Crippen molar-refractivity contribution < 1.29 is 4.79 Å². The third-order valence-corrected chi connectivity index (χ3v) is 1.78. The van der Waals surface area contributed by atoms with E-state index >= 15 is 0 Å². The number of hydrogen-bond acceptors (Lipinski definition) is 1. The number of nitrogens with one attached hydrogen (secondary N) is 1. The number of carbonyl (C=O) groups is 1. The van der Waals surface area contributed by atoms with Crippen LogP contribution in [0.4, 0.5) is 0 Å². The first-order valence-electron chi connectivity index (χ1n) is 4.50. The van der Waals surface area contributed by atoms with E-state index in [2.05, 4.69) is 19.2 Å². The first-order chi connectivity index (χ1) is 5.20. The number of hydrogen-bond donors (Lipinski definition) is 1. The highest BCUT2D eigenvalue weighted by Gasteiger charge is 2.03. The van der Waals surface area contributed by atoms with Crippen LogP contribution in [0.25, 0.3) is 0 Å². The van der Waals surface area contributed by atoms with Gasteiger partial charge in [-0.2, -0.15) is 0 Å². The van der Waals surface area contributed by atoms with E-state index in [0.717, 1.165) is 19.3 Å². The van der Waals surface area contributed by atoms with E-state index in [9.17, 15) is 4.79 Å². The Labute approximate surface area is 69.4 Å². The van der Waals surface area contributed by atoms with Gasteiger partial charge in [0.2, 0.25) is 5.91 Å². The van der Waals surface area contributed by atoms with Crippen LogP contribution in [0.2, 0.25) is 0 Å². The molecule has 66 valence electrons. The molecule has 0 aliphatic carbocycles. The van der Waals surface area contributed by atoms with E-state index in [1.807, 2.05) is 6.92 Å². The topological polar surface area (TPSA) is 29.1 Å². The molecule has 0 spiro atoms. The maximum Gasteiger partial charge on any atom is 0.220 e. The summed E-state index contributed by atoms with van der Waals surface area (Å²) in [5.74, 6) is 0.196. The van der Waals surface area contributed by atoms with Gasteiger partial charge in [-0.1, -0.05) is 20.3 Å². The molecule has 2 nitrogen and oxygen atoms in total. The van der Waals surface area contributed by atoms with Crippen molar-refractivity contribution >= 4 is 5.91 Å². The molecule has 1 amide bonds. The molecular weight excluding hydrogens is 138 g/mol. The van der Waals surface area contributed by atoms with E-state index in [1.165, 1.54) is 0 Å². The number of amides is 1. The number of rotatable bonds is 5. The molecule has 0 saturated carbocycles. The predicted octanol–water partition coefficient (Wildman–Crippen LogP) is 2.09. The first kappa shape index (κ1) is 10.5. The summed E-state index contributed by atoms with van der Waals surface area (Å²) in [5, 5.41) is 2.93. The Bertz CT molecular complexity index is 112. The maximum atomic E-state index is 11.1.